The quantitative estimate of drug-likeness (QED) is 0.556. The molecule has 0 saturated heterocycles. The van der Waals surface area contributed by atoms with Crippen LogP contribution in [0.5, 0.6) is 5.75 Å². The highest BCUT2D eigenvalue weighted by Gasteiger charge is 2.13. The summed E-state index contributed by atoms with van der Waals surface area (Å²) in [4.78, 5) is 9.37. The average Bonchev–Trinajstić information content (AvgIpc) is 2.14. The smallest absolute Gasteiger partial charge is 0.305 e. The zero-order valence-electron chi connectivity index (χ0n) is 7.07. The SMILES string of the molecule is O=[N+]([O-])c1ccc(OCCF)cc1F. The van der Waals surface area contributed by atoms with Gasteiger partial charge in [-0.2, -0.15) is 4.39 Å². The van der Waals surface area contributed by atoms with Crippen LogP contribution in [0.1, 0.15) is 0 Å². The molecule has 6 heteroatoms. The molecule has 0 unspecified atom stereocenters. The fraction of sp³-hybridized carbons (Fsp3) is 0.250. The van der Waals surface area contributed by atoms with Crippen LogP contribution in [0.25, 0.3) is 0 Å². The number of nitro groups is 1. The van der Waals surface area contributed by atoms with E-state index in [4.69, 9.17) is 4.74 Å². The molecule has 0 aliphatic rings. The fourth-order valence-corrected chi connectivity index (χ4v) is 0.882. The van der Waals surface area contributed by atoms with Gasteiger partial charge in [0.25, 0.3) is 0 Å². The zero-order valence-corrected chi connectivity index (χ0v) is 7.07. The van der Waals surface area contributed by atoms with Gasteiger partial charge in [0.2, 0.25) is 5.82 Å². The van der Waals surface area contributed by atoms with Crippen molar-refractivity contribution in [1.29, 1.82) is 0 Å². The van der Waals surface area contributed by atoms with Gasteiger partial charge in [-0.1, -0.05) is 0 Å². The Morgan fingerprint density at radius 2 is 2.21 bits per heavy atom. The van der Waals surface area contributed by atoms with Crippen molar-refractivity contribution in [3.8, 4) is 5.75 Å². The van der Waals surface area contributed by atoms with Crippen LogP contribution in [-0.2, 0) is 0 Å². The summed E-state index contributed by atoms with van der Waals surface area (Å²) in [6, 6.07) is 3.05. The Balaban J connectivity index is 2.83. The van der Waals surface area contributed by atoms with E-state index < -0.39 is 23.1 Å². The first-order valence-corrected chi connectivity index (χ1v) is 3.78. The summed E-state index contributed by atoms with van der Waals surface area (Å²) in [6.07, 6.45) is 0. The Labute approximate surface area is 78.3 Å². The minimum atomic E-state index is -0.994. The molecular weight excluding hydrogens is 196 g/mol. The highest BCUT2D eigenvalue weighted by Crippen LogP contribution is 2.22. The van der Waals surface area contributed by atoms with E-state index >= 15 is 0 Å². The van der Waals surface area contributed by atoms with E-state index in [0.29, 0.717) is 0 Å². The summed E-state index contributed by atoms with van der Waals surface area (Å²) in [5, 5.41) is 10.2. The largest absolute Gasteiger partial charge is 0.491 e. The van der Waals surface area contributed by atoms with Gasteiger partial charge in [-0.25, -0.2) is 4.39 Å². The lowest BCUT2D eigenvalue weighted by Gasteiger charge is -2.02. The Bertz CT molecular complexity index is 343. The topological polar surface area (TPSA) is 52.4 Å². The van der Waals surface area contributed by atoms with E-state index in [0.717, 1.165) is 12.1 Å². The molecule has 0 aliphatic carbocycles. The summed E-state index contributed by atoms with van der Waals surface area (Å²) in [6.45, 7) is -0.893. The Hall–Kier alpha value is -1.72. The first-order valence-electron chi connectivity index (χ1n) is 3.78. The Kier molecular flexibility index (Phi) is 3.33. The number of alkyl halides is 1. The van der Waals surface area contributed by atoms with Crippen molar-refractivity contribution < 1.29 is 18.4 Å². The lowest BCUT2D eigenvalue weighted by Crippen LogP contribution is -2.00. The van der Waals surface area contributed by atoms with Crippen LogP contribution in [-0.4, -0.2) is 18.2 Å². The second-order valence-electron chi connectivity index (χ2n) is 2.41. The van der Waals surface area contributed by atoms with Crippen LogP contribution >= 0.6 is 0 Å². The van der Waals surface area contributed by atoms with E-state index in [1.165, 1.54) is 6.07 Å². The first kappa shape index (κ1) is 10.4. The monoisotopic (exact) mass is 203 g/mol. The van der Waals surface area contributed by atoms with Crippen molar-refractivity contribution in [2.24, 2.45) is 0 Å². The number of hydrogen-bond acceptors (Lipinski definition) is 3. The van der Waals surface area contributed by atoms with Crippen molar-refractivity contribution in [1.82, 2.24) is 0 Å². The summed E-state index contributed by atoms with van der Waals surface area (Å²) in [5.41, 5.74) is -0.627. The van der Waals surface area contributed by atoms with Crippen molar-refractivity contribution in [2.45, 2.75) is 0 Å². The molecule has 1 rings (SSSR count). The maximum absolute atomic E-state index is 12.9. The molecule has 0 heterocycles. The van der Waals surface area contributed by atoms with Gasteiger partial charge in [-0.15, -0.1) is 0 Å². The van der Waals surface area contributed by atoms with Gasteiger partial charge in [-0.05, 0) is 6.07 Å². The number of halogens is 2. The number of benzene rings is 1. The average molecular weight is 203 g/mol. The highest BCUT2D eigenvalue weighted by atomic mass is 19.1. The van der Waals surface area contributed by atoms with Crippen LogP contribution in [0, 0.1) is 15.9 Å². The molecular formula is C8H7F2NO3. The molecule has 0 aromatic heterocycles. The number of ether oxygens (including phenoxy) is 1. The third kappa shape index (κ3) is 2.38. The summed E-state index contributed by atoms with van der Waals surface area (Å²) in [7, 11) is 0. The molecule has 0 spiro atoms. The van der Waals surface area contributed by atoms with Crippen molar-refractivity contribution in [2.75, 3.05) is 13.3 Å². The molecule has 76 valence electrons. The van der Waals surface area contributed by atoms with Crippen LogP contribution < -0.4 is 4.74 Å². The van der Waals surface area contributed by atoms with Gasteiger partial charge in [-0.3, -0.25) is 10.1 Å². The van der Waals surface area contributed by atoms with E-state index in [-0.39, 0.29) is 12.4 Å². The molecule has 0 N–H and O–H groups in total. The van der Waals surface area contributed by atoms with E-state index in [1.807, 2.05) is 0 Å². The minimum absolute atomic E-state index is 0.0748. The third-order valence-electron chi connectivity index (χ3n) is 1.46. The summed E-state index contributed by atoms with van der Waals surface area (Å²) < 4.78 is 29.3. The third-order valence-corrected chi connectivity index (χ3v) is 1.46. The van der Waals surface area contributed by atoms with Crippen LogP contribution in [0.2, 0.25) is 0 Å². The van der Waals surface area contributed by atoms with E-state index in [1.54, 1.807) is 0 Å². The van der Waals surface area contributed by atoms with Gasteiger partial charge in [0, 0.05) is 12.1 Å². The molecule has 0 atom stereocenters. The normalized spacial score (nSPS) is 9.86. The minimum Gasteiger partial charge on any atom is -0.491 e. The Morgan fingerprint density at radius 3 is 2.71 bits per heavy atom. The Morgan fingerprint density at radius 1 is 1.50 bits per heavy atom. The lowest BCUT2D eigenvalue weighted by molar-refractivity contribution is -0.387. The molecule has 0 bridgehead atoms. The summed E-state index contributed by atoms with van der Waals surface area (Å²) in [5.74, 6) is -0.919. The molecule has 0 saturated carbocycles. The van der Waals surface area contributed by atoms with E-state index in [2.05, 4.69) is 0 Å². The van der Waals surface area contributed by atoms with Crippen LogP contribution in [0.3, 0.4) is 0 Å². The molecule has 1 aromatic carbocycles. The number of nitrogens with zero attached hydrogens (tertiary/aromatic N) is 1. The number of nitro benzene ring substituents is 1. The second kappa shape index (κ2) is 4.50. The molecule has 0 aliphatic heterocycles. The maximum atomic E-state index is 12.9. The first-order chi connectivity index (χ1) is 6.65. The lowest BCUT2D eigenvalue weighted by atomic mass is 10.3. The van der Waals surface area contributed by atoms with Gasteiger partial charge in [0.05, 0.1) is 4.92 Å². The predicted molar refractivity (Wildman–Crippen MR) is 44.5 cm³/mol. The zero-order chi connectivity index (χ0) is 10.6. The van der Waals surface area contributed by atoms with Gasteiger partial charge in [0.15, 0.2) is 0 Å². The van der Waals surface area contributed by atoms with E-state index in [9.17, 15) is 18.9 Å². The maximum Gasteiger partial charge on any atom is 0.305 e. The molecule has 0 fully saturated rings. The molecule has 0 amide bonds. The molecule has 0 radical (unpaired) electrons. The van der Waals surface area contributed by atoms with Gasteiger partial charge < -0.3 is 4.74 Å². The van der Waals surface area contributed by atoms with Gasteiger partial charge >= 0.3 is 5.69 Å². The number of hydrogen-bond donors (Lipinski definition) is 0. The van der Waals surface area contributed by atoms with Crippen molar-refractivity contribution >= 4 is 5.69 Å². The fourth-order valence-electron chi connectivity index (χ4n) is 0.882. The van der Waals surface area contributed by atoms with Crippen LogP contribution in [0.15, 0.2) is 18.2 Å². The van der Waals surface area contributed by atoms with Gasteiger partial charge in [0.1, 0.15) is 19.0 Å². The molecule has 1 aromatic rings. The standard InChI is InChI=1S/C8H7F2NO3/c9-3-4-14-6-1-2-8(11(12)13)7(10)5-6/h1-2,5H,3-4H2. The van der Waals surface area contributed by atoms with Crippen LogP contribution in [0.4, 0.5) is 14.5 Å². The molecule has 4 nitrogen and oxygen atoms in total. The van der Waals surface area contributed by atoms with Crippen molar-refractivity contribution in [3.63, 3.8) is 0 Å². The second-order valence-corrected chi connectivity index (χ2v) is 2.41. The predicted octanol–water partition coefficient (Wildman–Crippen LogP) is 2.08. The highest BCUT2D eigenvalue weighted by molar-refractivity contribution is 5.37. The summed E-state index contributed by atoms with van der Waals surface area (Å²) >= 11 is 0. The molecule has 14 heavy (non-hydrogen) atoms. The number of rotatable bonds is 4. The van der Waals surface area contributed by atoms with Crippen molar-refractivity contribution in [3.05, 3.63) is 34.1 Å².